The summed E-state index contributed by atoms with van der Waals surface area (Å²) in [5.41, 5.74) is 0. The second kappa shape index (κ2) is 60.8. The summed E-state index contributed by atoms with van der Waals surface area (Å²) in [6.07, 6.45) is 92.9. The molecule has 0 aliphatic carbocycles. The van der Waals surface area contributed by atoms with Gasteiger partial charge in [-0.15, -0.1) is 0 Å². The maximum atomic E-state index is 12.9. The Labute approximate surface area is 458 Å². The number of rotatable bonds is 49. The number of unbranched alkanes of at least 4 members (excludes halogenated alkanes) is 6. The third-order valence-corrected chi connectivity index (χ3v) is 11.1. The van der Waals surface area contributed by atoms with Gasteiger partial charge in [-0.1, -0.05) is 222 Å². The number of carbonyl (C=O) groups excluding carboxylic acids is 3. The summed E-state index contributed by atoms with van der Waals surface area (Å²) in [5.74, 6) is -1.09. The molecule has 0 saturated heterocycles. The van der Waals surface area contributed by atoms with Crippen molar-refractivity contribution in [3.05, 3.63) is 194 Å². The second-order valence-corrected chi connectivity index (χ2v) is 18.0. The fourth-order valence-electron chi connectivity index (χ4n) is 6.86. The van der Waals surface area contributed by atoms with E-state index in [4.69, 9.17) is 14.2 Å². The summed E-state index contributed by atoms with van der Waals surface area (Å²) < 4.78 is 16.7. The van der Waals surface area contributed by atoms with Crippen molar-refractivity contribution in [2.45, 2.75) is 207 Å². The Morgan fingerprint density at radius 3 is 0.800 bits per heavy atom. The highest BCUT2D eigenvalue weighted by atomic mass is 16.6. The van der Waals surface area contributed by atoms with E-state index in [-0.39, 0.29) is 44.0 Å². The van der Waals surface area contributed by atoms with Gasteiger partial charge in [0, 0.05) is 19.3 Å². The lowest BCUT2D eigenvalue weighted by Gasteiger charge is -2.18. The highest BCUT2D eigenvalue weighted by molar-refractivity contribution is 5.71. The van der Waals surface area contributed by atoms with Gasteiger partial charge in [-0.05, 0) is 154 Å². The quantitative estimate of drug-likeness (QED) is 0.0261. The molecule has 0 aliphatic rings. The highest BCUT2D eigenvalue weighted by Gasteiger charge is 2.19. The van der Waals surface area contributed by atoms with E-state index in [2.05, 4.69) is 215 Å². The van der Waals surface area contributed by atoms with Crippen LogP contribution in [0.4, 0.5) is 0 Å². The SMILES string of the molecule is CC/C=C\C/C=C\C/C=C\C/C=C\C/C=C\C/C=C\C/C=C\CCCC(=O)OCC(COC(=O)CCCCC/C=C\C/C=C\C/C=C\CC)OC(=O)CCCC/C=C\C/C=C\C/C=C\C/C=C\C/C=C\C/C=C\CC. The summed E-state index contributed by atoms with van der Waals surface area (Å²) in [5, 5.41) is 0. The van der Waals surface area contributed by atoms with E-state index in [1.165, 1.54) is 0 Å². The zero-order valence-electron chi connectivity index (χ0n) is 47.2. The Balaban J connectivity index is 4.62. The predicted molar refractivity (Wildman–Crippen MR) is 324 cm³/mol. The van der Waals surface area contributed by atoms with E-state index in [1.54, 1.807) is 0 Å². The van der Waals surface area contributed by atoms with Crippen molar-refractivity contribution in [2.24, 2.45) is 0 Å². The van der Waals surface area contributed by atoms with Crippen LogP contribution in [-0.4, -0.2) is 37.2 Å². The molecular formula is C69H102O6. The maximum absolute atomic E-state index is 12.9. The van der Waals surface area contributed by atoms with Gasteiger partial charge >= 0.3 is 17.9 Å². The molecule has 1 atom stereocenters. The molecule has 0 aromatic carbocycles. The molecule has 414 valence electrons. The molecule has 0 rings (SSSR count). The molecule has 0 radical (unpaired) electrons. The molecule has 0 heterocycles. The summed E-state index contributed by atoms with van der Waals surface area (Å²) in [7, 11) is 0. The molecule has 1 unspecified atom stereocenters. The minimum absolute atomic E-state index is 0.141. The van der Waals surface area contributed by atoms with Crippen molar-refractivity contribution in [2.75, 3.05) is 13.2 Å². The standard InChI is InChI=1S/C69H102O6/c1-4-7-10-13-16-19-22-25-27-29-31-33-34-36-37-39-41-44-47-50-53-56-59-62-68(71)74-65-66(64-73-67(70)61-58-55-52-49-46-43-24-21-18-15-12-9-6-3)75-69(72)63-60-57-54-51-48-45-42-40-38-35-32-30-28-26-23-20-17-14-11-8-5-2/h7-12,16-21,25-28,31-33,35-37,40-44,46,48,50-51,53,66H,4-6,13-15,22-24,29-30,34,38-39,45,47,49,52,54-65H2,1-3H3/b10-7-,11-8-,12-9-,19-16-,20-17-,21-18-,27-25-,28-26-,33-31-,35-32-,37-36-,42-40-,44-41-,46-43-,51-48-,53-50-. The Morgan fingerprint density at radius 1 is 0.267 bits per heavy atom. The smallest absolute Gasteiger partial charge is 0.306 e. The zero-order valence-corrected chi connectivity index (χ0v) is 47.2. The van der Waals surface area contributed by atoms with Gasteiger partial charge in [0.15, 0.2) is 6.10 Å². The van der Waals surface area contributed by atoms with Crippen LogP contribution >= 0.6 is 0 Å². The van der Waals surface area contributed by atoms with Crippen molar-refractivity contribution in [3.63, 3.8) is 0 Å². The normalized spacial score (nSPS) is 13.6. The monoisotopic (exact) mass is 1030 g/mol. The Morgan fingerprint density at radius 2 is 0.493 bits per heavy atom. The minimum Gasteiger partial charge on any atom is -0.462 e. The minimum atomic E-state index is -0.850. The van der Waals surface area contributed by atoms with Gasteiger partial charge in [0.05, 0.1) is 0 Å². The topological polar surface area (TPSA) is 78.9 Å². The largest absolute Gasteiger partial charge is 0.462 e. The summed E-state index contributed by atoms with van der Waals surface area (Å²) in [6.45, 7) is 6.15. The third-order valence-electron chi connectivity index (χ3n) is 11.1. The van der Waals surface area contributed by atoms with Crippen molar-refractivity contribution < 1.29 is 28.6 Å². The van der Waals surface area contributed by atoms with Crippen molar-refractivity contribution in [3.8, 4) is 0 Å². The fraction of sp³-hybridized carbons (Fsp3) is 0.493. The van der Waals surface area contributed by atoms with E-state index in [1.807, 2.05) is 0 Å². The maximum Gasteiger partial charge on any atom is 0.306 e. The lowest BCUT2D eigenvalue weighted by molar-refractivity contribution is -0.167. The number of esters is 3. The average molecular weight is 1030 g/mol. The van der Waals surface area contributed by atoms with Crippen LogP contribution in [0.25, 0.3) is 0 Å². The summed E-state index contributed by atoms with van der Waals surface area (Å²) >= 11 is 0. The van der Waals surface area contributed by atoms with Gasteiger partial charge in [0.2, 0.25) is 0 Å². The second-order valence-electron chi connectivity index (χ2n) is 18.0. The van der Waals surface area contributed by atoms with E-state index in [0.717, 1.165) is 148 Å². The van der Waals surface area contributed by atoms with Crippen LogP contribution in [0.2, 0.25) is 0 Å². The first-order valence-corrected chi connectivity index (χ1v) is 28.9. The van der Waals surface area contributed by atoms with E-state index in [0.29, 0.717) is 19.3 Å². The molecule has 0 saturated carbocycles. The van der Waals surface area contributed by atoms with Gasteiger partial charge in [0.25, 0.3) is 0 Å². The van der Waals surface area contributed by atoms with Gasteiger partial charge < -0.3 is 14.2 Å². The lowest BCUT2D eigenvalue weighted by Crippen LogP contribution is -2.30. The molecule has 0 spiro atoms. The molecule has 0 aromatic rings. The van der Waals surface area contributed by atoms with Gasteiger partial charge in [-0.3, -0.25) is 14.4 Å². The molecular weight excluding hydrogens is 925 g/mol. The molecule has 0 amide bonds. The van der Waals surface area contributed by atoms with Crippen LogP contribution in [0.5, 0.6) is 0 Å². The van der Waals surface area contributed by atoms with Crippen LogP contribution in [0.1, 0.15) is 201 Å². The average Bonchev–Trinajstić information content (AvgIpc) is 3.41. The third kappa shape index (κ3) is 59.0. The lowest BCUT2D eigenvalue weighted by atomic mass is 10.1. The number of allylic oxidation sites excluding steroid dienone is 32. The number of ether oxygens (including phenoxy) is 3. The first kappa shape index (κ1) is 69.2. The fourth-order valence-corrected chi connectivity index (χ4v) is 6.86. The van der Waals surface area contributed by atoms with E-state index >= 15 is 0 Å². The molecule has 75 heavy (non-hydrogen) atoms. The molecule has 0 N–H and O–H groups in total. The number of hydrogen-bond acceptors (Lipinski definition) is 6. The highest BCUT2D eigenvalue weighted by Crippen LogP contribution is 2.10. The van der Waals surface area contributed by atoms with Crippen molar-refractivity contribution in [1.29, 1.82) is 0 Å². The van der Waals surface area contributed by atoms with Crippen molar-refractivity contribution >= 4 is 17.9 Å². The van der Waals surface area contributed by atoms with Gasteiger partial charge in [-0.25, -0.2) is 0 Å². The Bertz CT molecular complexity index is 1850. The Kier molecular flexibility index (Phi) is 56.1. The van der Waals surface area contributed by atoms with Gasteiger partial charge in [0.1, 0.15) is 13.2 Å². The molecule has 6 heteroatoms. The molecule has 0 aliphatic heterocycles. The van der Waals surface area contributed by atoms with Crippen LogP contribution in [-0.2, 0) is 28.6 Å². The molecule has 0 bridgehead atoms. The van der Waals surface area contributed by atoms with E-state index < -0.39 is 6.10 Å². The van der Waals surface area contributed by atoms with Crippen LogP contribution in [0, 0.1) is 0 Å². The van der Waals surface area contributed by atoms with Crippen LogP contribution in [0.3, 0.4) is 0 Å². The molecule has 6 nitrogen and oxygen atoms in total. The molecule has 0 fully saturated rings. The first-order chi connectivity index (χ1) is 37.0. The summed E-state index contributed by atoms with van der Waals surface area (Å²) in [6, 6.07) is 0. The molecule has 0 aromatic heterocycles. The van der Waals surface area contributed by atoms with E-state index in [9.17, 15) is 14.4 Å². The Hall–Kier alpha value is -5.75. The number of hydrogen-bond donors (Lipinski definition) is 0. The number of carbonyl (C=O) groups is 3. The van der Waals surface area contributed by atoms with Gasteiger partial charge in [-0.2, -0.15) is 0 Å². The predicted octanol–water partition coefficient (Wildman–Crippen LogP) is 19.9. The van der Waals surface area contributed by atoms with Crippen molar-refractivity contribution in [1.82, 2.24) is 0 Å². The first-order valence-electron chi connectivity index (χ1n) is 28.9. The summed E-state index contributed by atoms with van der Waals surface area (Å²) in [4.78, 5) is 38.1. The van der Waals surface area contributed by atoms with Crippen LogP contribution in [0.15, 0.2) is 194 Å². The van der Waals surface area contributed by atoms with Crippen LogP contribution < -0.4 is 0 Å². The zero-order chi connectivity index (χ0) is 54.3.